The minimum atomic E-state index is 0. The summed E-state index contributed by atoms with van der Waals surface area (Å²) >= 11 is 0. The van der Waals surface area contributed by atoms with E-state index in [2.05, 4.69) is 0 Å². The molecule has 0 N–H and O–H groups in total. The van der Waals surface area contributed by atoms with Crippen molar-refractivity contribution in [3.8, 4) is 0 Å². The van der Waals surface area contributed by atoms with Gasteiger partial charge < -0.3 is 84.9 Å². The molecule has 0 nitrogen and oxygen atoms in total. The molecule has 6 heteroatoms. The monoisotopic (exact) mass is 604 g/mol. The molecule has 0 spiro atoms. The van der Waals surface area contributed by atoms with Crippen LogP contribution in [0.5, 0.6) is 0 Å². The molecule has 0 aliphatic heterocycles. The topological polar surface area (TPSA) is 0 Å². The maximum atomic E-state index is 0. The number of rotatable bonds is 0. The van der Waals surface area contributed by atoms with Gasteiger partial charge in [0.25, 0.3) is 0 Å². The molecule has 0 atom stereocenters. The number of hydrogen-bond donors (Lipinski definition) is 0. The van der Waals surface area contributed by atoms with Gasteiger partial charge in [-0.3, -0.25) is 0 Å². The normalized spacial score (nSPS) is 0. The van der Waals surface area contributed by atoms with E-state index in [1.807, 2.05) is 0 Å². The quantitative estimate of drug-likeness (QED) is 0.240. The Labute approximate surface area is 109 Å². The van der Waals surface area contributed by atoms with Crippen LogP contribution in [0.2, 0.25) is 0 Å². The number of halogens is 5. The molecule has 0 aliphatic carbocycles. The Morgan fingerprint density at radius 3 is 0.333 bits per heavy atom. The second kappa shape index (κ2) is 40.8. The van der Waals surface area contributed by atoms with Gasteiger partial charge in [-0.25, -0.2) is 0 Å². The first kappa shape index (κ1) is 59.1. The van der Waals surface area contributed by atoms with Crippen molar-refractivity contribution < 1.29 is 84.9 Å². The molecule has 0 heterocycles. The van der Waals surface area contributed by atoms with E-state index in [4.69, 9.17) is 0 Å². The molecule has 0 saturated carbocycles. The van der Waals surface area contributed by atoms with Crippen molar-refractivity contribution in [1.82, 2.24) is 0 Å². The van der Waals surface area contributed by atoms with Crippen LogP contribution < -0.4 is 84.9 Å². The van der Waals surface area contributed by atoms with Crippen LogP contribution in [0.15, 0.2) is 0 Å². The molecule has 0 aromatic carbocycles. The maximum absolute atomic E-state index is 0. The van der Waals surface area contributed by atoms with Crippen LogP contribution in [-0.4, -0.2) is 26.2 Å². The molecule has 0 unspecified atom stereocenters. The Hall–Kier alpha value is 3.28. The second-order valence-corrected chi connectivity index (χ2v) is 0. The fourth-order valence-corrected chi connectivity index (χ4v) is 0. The van der Waals surface area contributed by atoms with Crippen molar-refractivity contribution >= 4 is 26.2 Å². The van der Waals surface area contributed by atoms with E-state index in [1.165, 1.54) is 0 Å². The van der Waals surface area contributed by atoms with Crippen LogP contribution in [-0.2, 0) is 0 Å². The SMILES string of the molecule is [Bi].[Br-].[Br-].[Br-].[Br-].[Br-]. The van der Waals surface area contributed by atoms with Crippen molar-refractivity contribution in [2.24, 2.45) is 0 Å². The summed E-state index contributed by atoms with van der Waals surface area (Å²) in [4.78, 5) is 0. The first-order chi connectivity index (χ1) is 0. The summed E-state index contributed by atoms with van der Waals surface area (Å²) in [5.41, 5.74) is 0. The summed E-state index contributed by atoms with van der Waals surface area (Å²) in [7, 11) is 0. The van der Waals surface area contributed by atoms with Gasteiger partial charge in [-0.1, -0.05) is 0 Å². The Morgan fingerprint density at radius 1 is 0.333 bits per heavy atom. The molecular weight excluding hydrogens is 608 g/mol. The van der Waals surface area contributed by atoms with E-state index in [9.17, 15) is 0 Å². The van der Waals surface area contributed by atoms with Gasteiger partial charge in [0.15, 0.2) is 0 Å². The number of hydrogen-bond acceptors (Lipinski definition) is 0. The van der Waals surface area contributed by atoms with Gasteiger partial charge in [0.2, 0.25) is 0 Å². The molecule has 0 aliphatic rings. The summed E-state index contributed by atoms with van der Waals surface area (Å²) in [6.45, 7) is 0. The maximum Gasteiger partial charge on any atom is 0 e. The van der Waals surface area contributed by atoms with Crippen LogP contribution in [0.1, 0.15) is 0 Å². The molecular formula is BiBr5-5. The Bertz CT molecular complexity index is 3.90. The third kappa shape index (κ3) is 26.7. The average molecular weight is 608 g/mol. The third-order valence-corrected chi connectivity index (χ3v) is 0. The van der Waals surface area contributed by atoms with Crippen molar-refractivity contribution in [3.05, 3.63) is 0 Å². The van der Waals surface area contributed by atoms with Crippen LogP contribution in [0.4, 0.5) is 0 Å². The largest absolute Gasteiger partial charge is 1.00 e. The van der Waals surface area contributed by atoms with Gasteiger partial charge in [-0.15, -0.1) is 0 Å². The van der Waals surface area contributed by atoms with E-state index in [-0.39, 0.29) is 111 Å². The Kier molecular flexibility index (Phi) is 401. The smallest absolute Gasteiger partial charge is 0 e. The van der Waals surface area contributed by atoms with Crippen LogP contribution in [0.3, 0.4) is 0 Å². The molecule has 0 bridgehead atoms. The van der Waals surface area contributed by atoms with E-state index in [0.29, 0.717) is 0 Å². The van der Waals surface area contributed by atoms with Crippen molar-refractivity contribution in [3.63, 3.8) is 0 Å². The summed E-state index contributed by atoms with van der Waals surface area (Å²) in [6, 6.07) is 0. The fraction of sp³-hybridized carbons (Fsp3) is 0. The molecule has 0 amide bonds. The molecule has 0 fully saturated rings. The predicted molar refractivity (Wildman–Crippen MR) is 5.75 cm³/mol. The predicted octanol–water partition coefficient (Wildman–Crippen LogP) is -15.4. The zero-order valence-corrected chi connectivity index (χ0v) is 13.7. The standard InChI is InChI=1S/Bi.5BrH/h;5*1H/p-5. The van der Waals surface area contributed by atoms with Gasteiger partial charge in [-0.05, 0) is 0 Å². The van der Waals surface area contributed by atoms with E-state index in [1.54, 1.807) is 0 Å². The second-order valence-electron chi connectivity index (χ2n) is 0. The van der Waals surface area contributed by atoms with Crippen LogP contribution in [0, 0.1) is 0 Å². The van der Waals surface area contributed by atoms with Gasteiger partial charge >= 0.3 is 0 Å². The zero-order valence-electron chi connectivity index (χ0n) is 2.34. The zero-order chi connectivity index (χ0) is 0. The van der Waals surface area contributed by atoms with Crippen molar-refractivity contribution in [1.29, 1.82) is 0 Å². The van der Waals surface area contributed by atoms with Gasteiger partial charge in [0.05, 0.1) is 0 Å². The van der Waals surface area contributed by atoms with E-state index >= 15 is 0 Å². The van der Waals surface area contributed by atoms with Gasteiger partial charge in [-0.2, -0.15) is 0 Å². The van der Waals surface area contributed by atoms with Crippen LogP contribution in [0.25, 0.3) is 0 Å². The molecule has 6 heavy (non-hydrogen) atoms. The van der Waals surface area contributed by atoms with Crippen molar-refractivity contribution in [2.75, 3.05) is 0 Å². The molecule has 0 saturated heterocycles. The van der Waals surface area contributed by atoms with Crippen LogP contribution >= 0.6 is 0 Å². The molecule has 0 aromatic rings. The molecule has 45 valence electrons. The molecule has 3 radical (unpaired) electrons. The molecule has 0 aromatic heterocycles. The fourth-order valence-electron chi connectivity index (χ4n) is 0. The van der Waals surface area contributed by atoms with E-state index in [0.717, 1.165) is 0 Å². The minimum absolute atomic E-state index is 0. The minimum Gasteiger partial charge on any atom is -1.00 e. The van der Waals surface area contributed by atoms with E-state index < -0.39 is 0 Å². The summed E-state index contributed by atoms with van der Waals surface area (Å²) < 4.78 is 0. The van der Waals surface area contributed by atoms with Crippen molar-refractivity contribution in [2.45, 2.75) is 0 Å². The van der Waals surface area contributed by atoms with Gasteiger partial charge in [0, 0.05) is 26.2 Å². The Morgan fingerprint density at radius 2 is 0.333 bits per heavy atom. The first-order valence-corrected chi connectivity index (χ1v) is 0. The summed E-state index contributed by atoms with van der Waals surface area (Å²) in [5, 5.41) is 0. The summed E-state index contributed by atoms with van der Waals surface area (Å²) in [5.74, 6) is 0. The average Bonchev–Trinajstić information content (AvgIpc) is 0. The Balaban J connectivity index is 0. The molecule has 0 rings (SSSR count). The summed E-state index contributed by atoms with van der Waals surface area (Å²) in [6.07, 6.45) is 0. The third-order valence-electron chi connectivity index (χ3n) is 0. The first-order valence-electron chi connectivity index (χ1n) is 0. The van der Waals surface area contributed by atoms with Gasteiger partial charge in [0.1, 0.15) is 0 Å².